The van der Waals surface area contributed by atoms with Crippen molar-refractivity contribution in [3.63, 3.8) is 0 Å². The molecule has 0 radical (unpaired) electrons. The molecule has 0 fully saturated rings. The maximum absolute atomic E-state index is 12.4. The van der Waals surface area contributed by atoms with Crippen LogP contribution in [0.4, 0.5) is 0 Å². The van der Waals surface area contributed by atoms with Gasteiger partial charge >= 0.3 is 0 Å². The maximum atomic E-state index is 12.4. The fourth-order valence-corrected chi connectivity index (χ4v) is 2.25. The Labute approximate surface area is 109 Å². The lowest BCUT2D eigenvalue weighted by Crippen LogP contribution is -2.20. The van der Waals surface area contributed by atoms with E-state index in [2.05, 4.69) is 5.16 Å². The van der Waals surface area contributed by atoms with Crippen molar-refractivity contribution < 1.29 is 18.8 Å². The summed E-state index contributed by atoms with van der Waals surface area (Å²) in [5.74, 6) is 0.0160. The Morgan fingerprint density at radius 1 is 1.21 bits per heavy atom. The number of aryl methyl sites for hydroxylation is 1. The highest BCUT2D eigenvalue weighted by Gasteiger charge is 2.36. The Kier molecular flexibility index (Phi) is 2.48. The number of benzene rings is 1. The highest BCUT2D eigenvalue weighted by Crippen LogP contribution is 2.31. The first kappa shape index (κ1) is 11.6. The largest absolute Gasteiger partial charge is 0.497 e. The smallest absolute Gasteiger partial charge is 0.232 e. The lowest BCUT2D eigenvalue weighted by Gasteiger charge is -2.13. The summed E-state index contributed by atoms with van der Waals surface area (Å²) >= 11 is 0. The van der Waals surface area contributed by atoms with E-state index < -0.39 is 0 Å². The van der Waals surface area contributed by atoms with Crippen molar-refractivity contribution in [1.82, 2.24) is 5.16 Å². The zero-order valence-corrected chi connectivity index (χ0v) is 10.5. The molecule has 1 aliphatic rings. The second-order valence-corrected chi connectivity index (χ2v) is 4.26. The van der Waals surface area contributed by atoms with Crippen LogP contribution in [-0.2, 0) is 6.42 Å². The fraction of sp³-hybridized carbons (Fsp3) is 0.214. The number of carbonyl (C=O) groups excluding carboxylic acids is 2. The SMILES string of the molecule is CCc1noc2c1C(=O)c1ccc(OC)cc1C2=O. The molecule has 96 valence electrons. The van der Waals surface area contributed by atoms with Crippen molar-refractivity contribution in [2.24, 2.45) is 0 Å². The molecule has 0 bridgehead atoms. The van der Waals surface area contributed by atoms with Crippen LogP contribution in [0, 0.1) is 0 Å². The zero-order valence-electron chi connectivity index (χ0n) is 10.5. The van der Waals surface area contributed by atoms with Crippen LogP contribution in [0.2, 0.25) is 0 Å². The molecular weight excluding hydrogens is 246 g/mol. The molecule has 19 heavy (non-hydrogen) atoms. The maximum Gasteiger partial charge on any atom is 0.232 e. The number of ketones is 2. The standard InChI is InChI=1S/C14H11NO4/c1-3-10-11-12(16)8-5-4-7(18-2)6-9(8)13(17)14(11)19-15-10/h4-6H,3H2,1-2H3. The molecule has 0 spiro atoms. The van der Waals surface area contributed by atoms with Crippen molar-refractivity contribution >= 4 is 11.6 Å². The molecule has 0 amide bonds. The molecule has 1 aromatic heterocycles. The summed E-state index contributed by atoms with van der Waals surface area (Å²) in [6.45, 7) is 1.86. The molecule has 0 saturated heterocycles. The van der Waals surface area contributed by atoms with Crippen LogP contribution in [0.3, 0.4) is 0 Å². The van der Waals surface area contributed by atoms with Gasteiger partial charge in [-0.05, 0) is 24.6 Å². The molecule has 0 unspecified atom stereocenters. The Hall–Kier alpha value is -2.43. The second kappa shape index (κ2) is 4.05. The summed E-state index contributed by atoms with van der Waals surface area (Å²) in [6.07, 6.45) is 0.545. The number of ether oxygens (including phenoxy) is 1. The minimum Gasteiger partial charge on any atom is -0.497 e. The van der Waals surface area contributed by atoms with Crippen LogP contribution < -0.4 is 4.74 Å². The number of rotatable bonds is 2. The van der Waals surface area contributed by atoms with E-state index in [9.17, 15) is 9.59 Å². The van der Waals surface area contributed by atoms with Gasteiger partial charge in [0, 0.05) is 11.1 Å². The Balaban J connectivity index is 2.24. The van der Waals surface area contributed by atoms with Gasteiger partial charge in [0.1, 0.15) is 5.75 Å². The monoisotopic (exact) mass is 257 g/mol. The van der Waals surface area contributed by atoms with Gasteiger partial charge in [-0.1, -0.05) is 12.1 Å². The quantitative estimate of drug-likeness (QED) is 0.702. The summed E-state index contributed by atoms with van der Waals surface area (Å²) < 4.78 is 10.1. The molecule has 1 aliphatic carbocycles. The minimum absolute atomic E-state index is 0.0302. The third kappa shape index (κ3) is 1.51. The number of fused-ring (bicyclic) bond motifs is 2. The third-order valence-corrected chi connectivity index (χ3v) is 3.25. The van der Waals surface area contributed by atoms with Crippen molar-refractivity contribution in [3.05, 3.63) is 46.3 Å². The van der Waals surface area contributed by atoms with E-state index in [-0.39, 0.29) is 17.3 Å². The number of nitrogens with zero attached hydrogens (tertiary/aromatic N) is 1. The summed E-state index contributed by atoms with van der Waals surface area (Å²) in [5, 5.41) is 3.79. The fourth-order valence-electron chi connectivity index (χ4n) is 2.25. The Morgan fingerprint density at radius 3 is 2.68 bits per heavy atom. The van der Waals surface area contributed by atoms with Gasteiger partial charge in [-0.15, -0.1) is 0 Å². The molecule has 1 aromatic carbocycles. The molecule has 5 heteroatoms. The van der Waals surface area contributed by atoms with Crippen LogP contribution in [0.15, 0.2) is 22.7 Å². The molecule has 0 aliphatic heterocycles. The summed E-state index contributed by atoms with van der Waals surface area (Å²) in [4.78, 5) is 24.7. The van der Waals surface area contributed by atoms with Gasteiger partial charge in [0.25, 0.3) is 0 Å². The van der Waals surface area contributed by atoms with E-state index in [0.29, 0.717) is 34.6 Å². The highest BCUT2D eigenvalue weighted by molar-refractivity contribution is 6.27. The van der Waals surface area contributed by atoms with Gasteiger partial charge in [0.05, 0.1) is 18.4 Å². The predicted molar refractivity (Wildman–Crippen MR) is 65.7 cm³/mol. The second-order valence-electron chi connectivity index (χ2n) is 4.26. The minimum atomic E-state index is -0.323. The normalized spacial score (nSPS) is 13.2. The van der Waals surface area contributed by atoms with Crippen LogP contribution in [0.5, 0.6) is 5.75 Å². The van der Waals surface area contributed by atoms with E-state index in [1.165, 1.54) is 7.11 Å². The lowest BCUT2D eigenvalue weighted by atomic mass is 9.87. The Bertz CT molecular complexity index is 699. The average Bonchev–Trinajstić information content (AvgIpc) is 2.88. The van der Waals surface area contributed by atoms with Crippen LogP contribution in [-0.4, -0.2) is 23.8 Å². The molecular formula is C14H11NO4. The summed E-state index contributed by atoms with van der Waals surface area (Å²) in [6, 6.07) is 4.81. The van der Waals surface area contributed by atoms with E-state index in [0.717, 1.165) is 0 Å². The lowest BCUT2D eigenvalue weighted by molar-refractivity contribution is 0.0954. The van der Waals surface area contributed by atoms with E-state index >= 15 is 0 Å². The van der Waals surface area contributed by atoms with Crippen molar-refractivity contribution in [1.29, 1.82) is 0 Å². The van der Waals surface area contributed by atoms with Crippen molar-refractivity contribution in [3.8, 4) is 5.75 Å². The predicted octanol–water partition coefficient (Wildman–Crippen LogP) is 2.02. The first-order valence-electron chi connectivity index (χ1n) is 5.93. The summed E-state index contributed by atoms with van der Waals surface area (Å²) in [7, 11) is 1.51. The molecule has 3 rings (SSSR count). The molecule has 0 atom stereocenters. The van der Waals surface area contributed by atoms with E-state index in [1.807, 2.05) is 6.92 Å². The van der Waals surface area contributed by atoms with Crippen LogP contribution in [0.25, 0.3) is 0 Å². The topological polar surface area (TPSA) is 69.4 Å². The third-order valence-electron chi connectivity index (χ3n) is 3.25. The summed E-state index contributed by atoms with van der Waals surface area (Å²) in [5.41, 5.74) is 1.49. The van der Waals surface area contributed by atoms with Crippen molar-refractivity contribution in [2.45, 2.75) is 13.3 Å². The van der Waals surface area contributed by atoms with Crippen LogP contribution >= 0.6 is 0 Å². The van der Waals surface area contributed by atoms with Gasteiger partial charge < -0.3 is 9.26 Å². The molecule has 1 heterocycles. The average molecular weight is 257 g/mol. The number of hydrogen-bond acceptors (Lipinski definition) is 5. The van der Waals surface area contributed by atoms with E-state index in [4.69, 9.17) is 9.26 Å². The highest BCUT2D eigenvalue weighted by atomic mass is 16.5. The van der Waals surface area contributed by atoms with Gasteiger partial charge in [0.15, 0.2) is 5.78 Å². The number of aromatic nitrogens is 1. The van der Waals surface area contributed by atoms with E-state index in [1.54, 1.807) is 18.2 Å². The molecule has 0 N–H and O–H groups in total. The molecule has 5 nitrogen and oxygen atoms in total. The van der Waals surface area contributed by atoms with Crippen LogP contribution in [0.1, 0.15) is 44.7 Å². The van der Waals surface area contributed by atoms with Crippen molar-refractivity contribution in [2.75, 3.05) is 7.11 Å². The number of carbonyl (C=O) groups is 2. The van der Waals surface area contributed by atoms with Gasteiger partial charge in [-0.2, -0.15) is 0 Å². The van der Waals surface area contributed by atoms with Gasteiger partial charge in [0.2, 0.25) is 11.5 Å². The number of methoxy groups -OCH3 is 1. The molecule has 0 saturated carbocycles. The van der Waals surface area contributed by atoms with Gasteiger partial charge in [-0.25, -0.2) is 0 Å². The zero-order chi connectivity index (χ0) is 13.6. The first-order chi connectivity index (χ1) is 9.17. The number of hydrogen-bond donors (Lipinski definition) is 0. The Morgan fingerprint density at radius 2 is 2.00 bits per heavy atom. The molecule has 2 aromatic rings. The van der Waals surface area contributed by atoms with Gasteiger partial charge in [-0.3, -0.25) is 9.59 Å². The first-order valence-corrected chi connectivity index (χ1v) is 5.93.